The molecule has 0 aliphatic carbocycles. The van der Waals surface area contributed by atoms with Gasteiger partial charge in [-0.15, -0.1) is 0 Å². The quantitative estimate of drug-likeness (QED) is 0.646. The fourth-order valence-corrected chi connectivity index (χ4v) is 1.23. The van der Waals surface area contributed by atoms with Gasteiger partial charge in [0, 0.05) is 18.3 Å². The summed E-state index contributed by atoms with van der Waals surface area (Å²) in [7, 11) is 1.50. The summed E-state index contributed by atoms with van der Waals surface area (Å²) in [5.74, 6) is -0.729. The minimum Gasteiger partial charge on any atom is -0.355 e. The summed E-state index contributed by atoms with van der Waals surface area (Å²) in [6, 6.07) is 4.09. The predicted octanol–water partition coefficient (Wildman–Crippen LogP) is 1.95. The van der Waals surface area contributed by atoms with Crippen molar-refractivity contribution in [2.75, 3.05) is 10.6 Å². The van der Waals surface area contributed by atoms with E-state index < -0.39 is 5.82 Å². The molecule has 0 aromatic heterocycles. The number of hydrogen-bond donors (Lipinski definition) is 2. The van der Waals surface area contributed by atoms with Crippen LogP contribution in [-0.2, 0) is 0 Å². The van der Waals surface area contributed by atoms with Crippen LogP contribution in [0.1, 0.15) is 10.4 Å². The first kappa shape index (κ1) is 10.2. The van der Waals surface area contributed by atoms with Crippen LogP contribution in [0.2, 0.25) is 0 Å². The van der Waals surface area contributed by atoms with Crippen molar-refractivity contribution >= 4 is 34.5 Å². The van der Waals surface area contributed by atoms with E-state index in [1.165, 1.54) is 19.2 Å². The van der Waals surface area contributed by atoms with Gasteiger partial charge in [0.1, 0.15) is 5.82 Å². The number of hydrogen-bond acceptors (Lipinski definition) is 2. The lowest BCUT2D eigenvalue weighted by atomic mass is 10.2. The van der Waals surface area contributed by atoms with Crippen LogP contribution in [0.15, 0.2) is 18.2 Å². The number of nitrogens with one attached hydrogen (secondary N) is 2. The molecule has 0 saturated heterocycles. The van der Waals surface area contributed by atoms with Crippen LogP contribution >= 0.6 is 22.9 Å². The number of carbonyl (C=O) groups excluding carboxylic acids is 1. The number of amides is 1. The van der Waals surface area contributed by atoms with E-state index >= 15 is 0 Å². The maximum atomic E-state index is 12.9. The number of benzene rings is 1. The molecule has 3 nitrogen and oxygen atoms in total. The van der Waals surface area contributed by atoms with E-state index in [4.69, 9.17) is 0 Å². The first-order valence-electron chi connectivity index (χ1n) is 3.56. The summed E-state index contributed by atoms with van der Waals surface area (Å²) in [5.41, 5.74) is 0.876. The molecule has 13 heavy (non-hydrogen) atoms. The normalized spacial score (nSPS) is 9.46. The van der Waals surface area contributed by atoms with Crippen molar-refractivity contribution in [1.82, 2.24) is 5.32 Å². The molecule has 0 heterocycles. The van der Waals surface area contributed by atoms with Gasteiger partial charge in [0.25, 0.3) is 5.91 Å². The molecular formula is C8H8FIN2O. The predicted molar refractivity (Wildman–Crippen MR) is 57.4 cm³/mol. The maximum Gasteiger partial charge on any atom is 0.251 e. The van der Waals surface area contributed by atoms with Crippen molar-refractivity contribution in [3.05, 3.63) is 29.6 Å². The van der Waals surface area contributed by atoms with Crippen molar-refractivity contribution in [3.63, 3.8) is 0 Å². The molecular weight excluding hydrogens is 286 g/mol. The van der Waals surface area contributed by atoms with Gasteiger partial charge >= 0.3 is 0 Å². The van der Waals surface area contributed by atoms with E-state index in [0.717, 1.165) is 0 Å². The minimum atomic E-state index is -0.430. The lowest BCUT2D eigenvalue weighted by Gasteiger charge is -2.03. The first-order chi connectivity index (χ1) is 6.17. The summed E-state index contributed by atoms with van der Waals surface area (Å²) < 4.78 is 15.6. The van der Waals surface area contributed by atoms with Crippen LogP contribution in [0.3, 0.4) is 0 Å². The Morgan fingerprint density at radius 1 is 1.46 bits per heavy atom. The fourth-order valence-electron chi connectivity index (χ4n) is 0.920. The molecule has 0 spiro atoms. The molecule has 0 unspecified atom stereocenters. The van der Waals surface area contributed by atoms with Crippen LogP contribution in [0, 0.1) is 5.82 Å². The molecule has 0 fully saturated rings. The summed E-state index contributed by atoms with van der Waals surface area (Å²) in [6.45, 7) is 0. The topological polar surface area (TPSA) is 41.1 Å². The molecule has 5 heteroatoms. The molecule has 1 aromatic carbocycles. The van der Waals surface area contributed by atoms with E-state index in [9.17, 15) is 9.18 Å². The molecule has 1 aromatic rings. The van der Waals surface area contributed by atoms with E-state index in [0.29, 0.717) is 11.3 Å². The number of anilines is 1. The highest BCUT2D eigenvalue weighted by Gasteiger charge is 2.06. The monoisotopic (exact) mass is 294 g/mol. The van der Waals surface area contributed by atoms with E-state index in [1.807, 2.05) is 22.9 Å². The summed E-state index contributed by atoms with van der Waals surface area (Å²) >= 11 is 1.87. The standard InChI is InChI=1S/C8H8FIN2O/c1-11-8(13)5-2-6(9)4-7(3-5)12-10/h2-4,12H,1H3,(H,11,13). The maximum absolute atomic E-state index is 12.9. The molecule has 1 amide bonds. The highest BCUT2D eigenvalue weighted by atomic mass is 127. The summed E-state index contributed by atoms with van der Waals surface area (Å²) in [4.78, 5) is 11.1. The molecule has 0 aliphatic rings. The average Bonchev–Trinajstić information content (AvgIpc) is 2.15. The van der Waals surface area contributed by atoms with Gasteiger partial charge in [-0.05, 0) is 18.2 Å². The molecule has 0 saturated carbocycles. The summed E-state index contributed by atoms with van der Waals surface area (Å²) in [5, 5.41) is 2.42. The van der Waals surface area contributed by atoms with Crippen LogP contribution in [-0.4, -0.2) is 13.0 Å². The third-order valence-corrected chi connectivity index (χ3v) is 2.12. The van der Waals surface area contributed by atoms with Crippen molar-refractivity contribution < 1.29 is 9.18 Å². The van der Waals surface area contributed by atoms with E-state index in [1.54, 1.807) is 6.07 Å². The second-order valence-corrected chi connectivity index (χ2v) is 2.94. The molecule has 0 radical (unpaired) electrons. The van der Waals surface area contributed by atoms with Gasteiger partial charge in [0.05, 0.1) is 22.9 Å². The Morgan fingerprint density at radius 2 is 2.15 bits per heavy atom. The number of halogens is 2. The largest absolute Gasteiger partial charge is 0.355 e. The molecule has 1 rings (SSSR count). The zero-order valence-corrected chi connectivity index (χ0v) is 9.05. The van der Waals surface area contributed by atoms with Crippen LogP contribution in [0.4, 0.5) is 10.1 Å². The highest BCUT2D eigenvalue weighted by Crippen LogP contribution is 2.15. The minimum absolute atomic E-state index is 0.299. The van der Waals surface area contributed by atoms with Crippen molar-refractivity contribution in [3.8, 4) is 0 Å². The van der Waals surface area contributed by atoms with Crippen molar-refractivity contribution in [1.29, 1.82) is 0 Å². The molecule has 70 valence electrons. The summed E-state index contributed by atoms with van der Waals surface area (Å²) in [6.07, 6.45) is 0. The molecule has 0 bridgehead atoms. The highest BCUT2D eigenvalue weighted by molar-refractivity contribution is 14.1. The second kappa shape index (κ2) is 4.40. The Balaban J connectivity index is 3.08. The number of carbonyl (C=O) groups is 1. The third kappa shape index (κ3) is 2.55. The van der Waals surface area contributed by atoms with Gasteiger partial charge in [-0.1, -0.05) is 0 Å². The lowest BCUT2D eigenvalue weighted by Crippen LogP contribution is -2.17. The zero-order chi connectivity index (χ0) is 9.84. The Labute approximate surface area is 89.2 Å². The van der Waals surface area contributed by atoms with Crippen molar-refractivity contribution in [2.45, 2.75) is 0 Å². The van der Waals surface area contributed by atoms with E-state index in [-0.39, 0.29) is 5.91 Å². The molecule has 0 aliphatic heterocycles. The second-order valence-electron chi connectivity index (χ2n) is 2.40. The zero-order valence-electron chi connectivity index (χ0n) is 6.90. The Morgan fingerprint density at radius 3 is 2.69 bits per heavy atom. The van der Waals surface area contributed by atoms with E-state index in [2.05, 4.69) is 8.85 Å². The van der Waals surface area contributed by atoms with Gasteiger partial charge in [0.2, 0.25) is 0 Å². The van der Waals surface area contributed by atoms with Gasteiger partial charge < -0.3 is 8.85 Å². The first-order valence-corrected chi connectivity index (χ1v) is 4.64. The van der Waals surface area contributed by atoms with Gasteiger partial charge in [-0.3, -0.25) is 4.79 Å². The van der Waals surface area contributed by atoms with Crippen LogP contribution < -0.4 is 8.85 Å². The Hall–Kier alpha value is -0.850. The molecule has 2 N–H and O–H groups in total. The SMILES string of the molecule is CNC(=O)c1cc(F)cc(NI)c1. The average molecular weight is 294 g/mol. The van der Waals surface area contributed by atoms with Crippen LogP contribution in [0.5, 0.6) is 0 Å². The molecule has 0 atom stereocenters. The Kier molecular flexibility index (Phi) is 3.47. The van der Waals surface area contributed by atoms with Crippen molar-refractivity contribution in [2.24, 2.45) is 0 Å². The smallest absolute Gasteiger partial charge is 0.251 e. The van der Waals surface area contributed by atoms with Gasteiger partial charge in [-0.2, -0.15) is 0 Å². The van der Waals surface area contributed by atoms with Gasteiger partial charge in [0.15, 0.2) is 0 Å². The number of rotatable bonds is 2. The Bertz CT molecular complexity index is 330. The third-order valence-electron chi connectivity index (χ3n) is 1.50. The lowest BCUT2D eigenvalue weighted by molar-refractivity contribution is 0.0962. The van der Waals surface area contributed by atoms with Gasteiger partial charge in [-0.25, -0.2) is 4.39 Å². The van der Waals surface area contributed by atoms with Crippen LogP contribution in [0.25, 0.3) is 0 Å². The fraction of sp³-hybridized carbons (Fsp3) is 0.125.